The molecule has 20 heavy (non-hydrogen) atoms. The van der Waals surface area contributed by atoms with Gasteiger partial charge in [0, 0.05) is 25.6 Å². The predicted octanol–water partition coefficient (Wildman–Crippen LogP) is 0.354. The average molecular weight is 282 g/mol. The van der Waals surface area contributed by atoms with Gasteiger partial charge in [0.25, 0.3) is 0 Å². The minimum Gasteiger partial charge on any atom is -0.387 e. The quantitative estimate of drug-likeness (QED) is 0.729. The summed E-state index contributed by atoms with van der Waals surface area (Å²) in [4.78, 5) is 11.7. The lowest BCUT2D eigenvalue weighted by Crippen LogP contribution is -2.44. The first-order chi connectivity index (χ1) is 9.65. The number of hydrogen-bond acceptors (Lipinski definition) is 4. The SMILES string of the molecule is O=C(CC1COCCN1)NCC(O)c1cccc(F)c1. The van der Waals surface area contributed by atoms with E-state index in [1.54, 1.807) is 6.07 Å². The number of ether oxygens (including phenoxy) is 1. The highest BCUT2D eigenvalue weighted by Crippen LogP contribution is 2.13. The van der Waals surface area contributed by atoms with Gasteiger partial charge in [-0.2, -0.15) is 0 Å². The normalized spacial score (nSPS) is 20.4. The maximum Gasteiger partial charge on any atom is 0.221 e. The number of nitrogens with one attached hydrogen (secondary N) is 2. The Balaban J connectivity index is 1.75. The molecule has 1 amide bonds. The minimum absolute atomic E-state index is 0.00932. The van der Waals surface area contributed by atoms with Crippen molar-refractivity contribution in [2.45, 2.75) is 18.6 Å². The molecular formula is C14H19FN2O3. The number of hydrogen-bond donors (Lipinski definition) is 3. The molecule has 1 aliphatic rings. The van der Waals surface area contributed by atoms with E-state index in [4.69, 9.17) is 4.74 Å². The van der Waals surface area contributed by atoms with Crippen LogP contribution in [0.5, 0.6) is 0 Å². The topological polar surface area (TPSA) is 70.6 Å². The fraction of sp³-hybridized carbons (Fsp3) is 0.500. The van der Waals surface area contributed by atoms with E-state index in [1.165, 1.54) is 18.2 Å². The van der Waals surface area contributed by atoms with Crippen LogP contribution < -0.4 is 10.6 Å². The largest absolute Gasteiger partial charge is 0.387 e. The second-order valence-electron chi connectivity index (χ2n) is 4.80. The fourth-order valence-electron chi connectivity index (χ4n) is 2.09. The number of halogens is 1. The van der Waals surface area contributed by atoms with Crippen LogP contribution in [0.2, 0.25) is 0 Å². The molecule has 1 heterocycles. The van der Waals surface area contributed by atoms with Gasteiger partial charge in [-0.25, -0.2) is 4.39 Å². The lowest BCUT2D eigenvalue weighted by Gasteiger charge is -2.23. The van der Waals surface area contributed by atoms with Crippen molar-refractivity contribution in [3.8, 4) is 0 Å². The Hall–Kier alpha value is -1.50. The molecule has 1 fully saturated rings. The number of morpholine rings is 1. The van der Waals surface area contributed by atoms with Crippen LogP contribution in [0.4, 0.5) is 4.39 Å². The molecule has 0 aromatic heterocycles. The fourth-order valence-corrected chi connectivity index (χ4v) is 2.09. The van der Waals surface area contributed by atoms with Gasteiger partial charge in [0.1, 0.15) is 5.82 Å². The average Bonchev–Trinajstić information content (AvgIpc) is 2.46. The smallest absolute Gasteiger partial charge is 0.221 e. The number of aliphatic hydroxyl groups is 1. The summed E-state index contributed by atoms with van der Waals surface area (Å²) in [5, 5.41) is 15.7. The van der Waals surface area contributed by atoms with Crippen LogP contribution in [0.15, 0.2) is 24.3 Å². The van der Waals surface area contributed by atoms with Crippen molar-refractivity contribution in [2.24, 2.45) is 0 Å². The Labute approximate surface area is 117 Å². The summed E-state index contributed by atoms with van der Waals surface area (Å²) in [6.45, 7) is 1.98. The lowest BCUT2D eigenvalue weighted by atomic mass is 10.1. The number of aliphatic hydroxyl groups excluding tert-OH is 1. The molecular weight excluding hydrogens is 263 g/mol. The standard InChI is InChI=1S/C14H19FN2O3/c15-11-3-1-2-10(6-11)13(18)8-17-14(19)7-12-9-20-5-4-16-12/h1-3,6,12-13,16,18H,4-5,7-9H2,(H,17,19). The van der Waals surface area contributed by atoms with Gasteiger partial charge in [-0.05, 0) is 17.7 Å². The Bertz CT molecular complexity index is 450. The molecule has 6 heteroatoms. The first-order valence-corrected chi connectivity index (χ1v) is 6.66. The van der Waals surface area contributed by atoms with Crippen molar-refractivity contribution in [2.75, 3.05) is 26.3 Å². The van der Waals surface area contributed by atoms with Gasteiger partial charge >= 0.3 is 0 Å². The Kier molecular flexibility index (Phi) is 5.46. The molecule has 110 valence electrons. The van der Waals surface area contributed by atoms with Crippen molar-refractivity contribution in [3.63, 3.8) is 0 Å². The number of benzene rings is 1. The van der Waals surface area contributed by atoms with E-state index in [-0.39, 0.29) is 18.5 Å². The van der Waals surface area contributed by atoms with E-state index in [1.807, 2.05) is 0 Å². The van der Waals surface area contributed by atoms with Crippen molar-refractivity contribution >= 4 is 5.91 Å². The van der Waals surface area contributed by atoms with E-state index >= 15 is 0 Å². The monoisotopic (exact) mass is 282 g/mol. The first kappa shape index (κ1) is 14.9. The van der Waals surface area contributed by atoms with Gasteiger partial charge in [-0.15, -0.1) is 0 Å². The van der Waals surface area contributed by atoms with Crippen LogP contribution in [-0.4, -0.2) is 43.4 Å². The van der Waals surface area contributed by atoms with E-state index in [0.717, 1.165) is 6.54 Å². The molecule has 1 aromatic carbocycles. The molecule has 2 atom stereocenters. The third-order valence-electron chi connectivity index (χ3n) is 3.16. The highest BCUT2D eigenvalue weighted by Gasteiger charge is 2.17. The lowest BCUT2D eigenvalue weighted by molar-refractivity contribution is -0.122. The maximum absolute atomic E-state index is 13.0. The zero-order chi connectivity index (χ0) is 14.4. The maximum atomic E-state index is 13.0. The zero-order valence-electron chi connectivity index (χ0n) is 11.1. The second kappa shape index (κ2) is 7.33. The van der Waals surface area contributed by atoms with Crippen molar-refractivity contribution < 1.29 is 19.0 Å². The third-order valence-corrected chi connectivity index (χ3v) is 3.16. The van der Waals surface area contributed by atoms with Crippen LogP contribution in [0.1, 0.15) is 18.1 Å². The number of carbonyl (C=O) groups excluding carboxylic acids is 1. The summed E-state index contributed by atoms with van der Waals surface area (Å²) in [6, 6.07) is 5.72. The van der Waals surface area contributed by atoms with Crippen molar-refractivity contribution in [3.05, 3.63) is 35.6 Å². The van der Waals surface area contributed by atoms with Gasteiger partial charge in [-0.1, -0.05) is 12.1 Å². The molecule has 0 saturated carbocycles. The molecule has 1 aliphatic heterocycles. The van der Waals surface area contributed by atoms with Crippen LogP contribution in [-0.2, 0) is 9.53 Å². The molecule has 1 aromatic rings. The summed E-state index contributed by atoms with van der Waals surface area (Å²) < 4.78 is 18.3. The minimum atomic E-state index is -0.912. The van der Waals surface area contributed by atoms with Gasteiger partial charge in [0.05, 0.1) is 19.3 Å². The van der Waals surface area contributed by atoms with Gasteiger partial charge in [0.15, 0.2) is 0 Å². The zero-order valence-corrected chi connectivity index (χ0v) is 11.1. The molecule has 2 unspecified atom stereocenters. The van der Waals surface area contributed by atoms with Gasteiger partial charge in [-0.3, -0.25) is 4.79 Å². The third kappa shape index (κ3) is 4.56. The van der Waals surface area contributed by atoms with Gasteiger partial charge < -0.3 is 20.5 Å². The van der Waals surface area contributed by atoms with E-state index in [9.17, 15) is 14.3 Å². The molecule has 0 spiro atoms. The predicted molar refractivity (Wildman–Crippen MR) is 71.6 cm³/mol. The summed E-state index contributed by atoms with van der Waals surface area (Å²) in [7, 11) is 0. The summed E-state index contributed by atoms with van der Waals surface area (Å²) in [5.41, 5.74) is 0.449. The number of carbonyl (C=O) groups is 1. The Morgan fingerprint density at radius 2 is 2.45 bits per heavy atom. The van der Waals surface area contributed by atoms with Crippen molar-refractivity contribution in [1.29, 1.82) is 0 Å². The van der Waals surface area contributed by atoms with Crippen LogP contribution in [0, 0.1) is 5.82 Å². The van der Waals surface area contributed by atoms with Gasteiger partial charge in [0.2, 0.25) is 5.91 Å². The Morgan fingerprint density at radius 1 is 1.60 bits per heavy atom. The molecule has 0 radical (unpaired) electrons. The second-order valence-corrected chi connectivity index (χ2v) is 4.80. The molecule has 2 rings (SSSR count). The van der Waals surface area contributed by atoms with Crippen LogP contribution >= 0.6 is 0 Å². The summed E-state index contributed by atoms with van der Waals surface area (Å²) >= 11 is 0. The van der Waals surface area contributed by atoms with E-state index in [0.29, 0.717) is 25.2 Å². The highest BCUT2D eigenvalue weighted by atomic mass is 19.1. The molecule has 1 saturated heterocycles. The summed E-state index contributed by atoms with van der Waals surface area (Å²) in [5.74, 6) is -0.570. The van der Waals surface area contributed by atoms with E-state index in [2.05, 4.69) is 10.6 Å². The molecule has 5 nitrogen and oxygen atoms in total. The first-order valence-electron chi connectivity index (χ1n) is 6.66. The van der Waals surface area contributed by atoms with Crippen LogP contribution in [0.3, 0.4) is 0 Å². The molecule has 0 bridgehead atoms. The number of amides is 1. The number of rotatable bonds is 5. The Morgan fingerprint density at radius 3 is 3.15 bits per heavy atom. The highest BCUT2D eigenvalue weighted by molar-refractivity contribution is 5.76. The van der Waals surface area contributed by atoms with Crippen LogP contribution in [0.25, 0.3) is 0 Å². The van der Waals surface area contributed by atoms with E-state index < -0.39 is 11.9 Å². The summed E-state index contributed by atoms with van der Waals surface area (Å²) in [6.07, 6.45) is -0.610. The van der Waals surface area contributed by atoms with Crippen molar-refractivity contribution in [1.82, 2.24) is 10.6 Å². The molecule has 3 N–H and O–H groups in total. The molecule has 0 aliphatic carbocycles.